The van der Waals surface area contributed by atoms with Crippen LogP contribution in [-0.2, 0) is 28.5 Å². The monoisotopic (exact) mass is 552 g/mol. The van der Waals surface area contributed by atoms with Gasteiger partial charge in [0.25, 0.3) is 0 Å². The van der Waals surface area contributed by atoms with Crippen molar-refractivity contribution in [2.75, 3.05) is 57.6 Å². The number of rotatable bonds is 11. The number of nitrogens with zero attached hydrogens (tertiary/aromatic N) is 3. The van der Waals surface area contributed by atoms with E-state index in [0.29, 0.717) is 29.9 Å². The van der Waals surface area contributed by atoms with Gasteiger partial charge in [-0.1, -0.05) is 30.5 Å². The molecule has 0 unspecified atom stereocenters. The van der Waals surface area contributed by atoms with Gasteiger partial charge in [-0.2, -0.15) is 4.98 Å². The summed E-state index contributed by atoms with van der Waals surface area (Å²) >= 11 is 6.48. The number of fused-ring (bicyclic) bond motifs is 1. The smallest absolute Gasteiger partial charge is 0.229 e. The molecule has 37 heavy (non-hydrogen) atoms. The highest BCUT2D eigenvalue weighted by molar-refractivity contribution is 7.70. The summed E-state index contributed by atoms with van der Waals surface area (Å²) < 4.78 is 35.6. The third-order valence-corrected chi connectivity index (χ3v) is 7.99. The van der Waals surface area contributed by atoms with Gasteiger partial charge in [-0.25, -0.2) is 18.1 Å². The van der Waals surface area contributed by atoms with Crippen LogP contribution in [0.25, 0.3) is 0 Å². The van der Waals surface area contributed by atoms with Crippen LogP contribution >= 0.6 is 11.6 Å². The largest absolute Gasteiger partial charge is 0.495 e. The number of ether oxygens (including phenoxy) is 2. The molecular weight excluding hydrogens is 516 g/mol. The van der Waals surface area contributed by atoms with Crippen molar-refractivity contribution < 1.29 is 17.9 Å². The topological polar surface area (TPSA) is 118 Å². The first-order chi connectivity index (χ1) is 18.0. The lowest BCUT2D eigenvalue weighted by molar-refractivity contribution is 0.150. The predicted octanol–water partition coefficient (Wildman–Crippen LogP) is 3.02. The first-order valence-corrected chi connectivity index (χ1v) is 14.4. The van der Waals surface area contributed by atoms with Gasteiger partial charge in [0.15, 0.2) is 5.82 Å². The molecule has 0 radical (unpaired) electrons. The van der Waals surface area contributed by atoms with E-state index in [0.717, 1.165) is 69.6 Å². The average Bonchev–Trinajstić information content (AvgIpc) is 3.11. The second-order valence-electron chi connectivity index (χ2n) is 9.54. The Labute approximate surface area is 225 Å². The van der Waals surface area contributed by atoms with Crippen LogP contribution in [0, 0.1) is 5.92 Å². The van der Waals surface area contributed by atoms with Crippen molar-refractivity contribution in [3.05, 3.63) is 34.5 Å². The first-order valence-electron chi connectivity index (χ1n) is 12.8. The normalized spacial score (nSPS) is 20.3. The van der Waals surface area contributed by atoms with Gasteiger partial charge >= 0.3 is 0 Å². The lowest BCUT2D eigenvalue weighted by Crippen LogP contribution is -2.38. The molecular formula is C25H37ClN6O4S. The maximum atomic E-state index is 11.1. The standard InChI is InChI=1S/C25H37ClN6O4S/c1-35-14-13-32-11-9-17-7-8-22(36-2)23(19(17)10-12-32)30-25-27-16-20(26)24(31-25)29-21-6-4-3-5-18(21)15-28-37(33)34/h7-8,16,18,21,37H,3-6,9-15H2,1-2H3,(H,28,33,34)(H2,27,29,30,31)/t18-,21-/m1/s1. The van der Waals surface area contributed by atoms with Crippen molar-refractivity contribution >= 4 is 39.9 Å². The van der Waals surface area contributed by atoms with Crippen molar-refractivity contribution in [1.29, 1.82) is 0 Å². The van der Waals surface area contributed by atoms with Gasteiger partial charge < -0.3 is 25.0 Å². The molecule has 2 aromatic rings. The summed E-state index contributed by atoms with van der Waals surface area (Å²) in [7, 11) is 0.774. The van der Waals surface area contributed by atoms with E-state index in [9.17, 15) is 8.42 Å². The third-order valence-electron chi connectivity index (χ3n) is 7.27. The second-order valence-corrected chi connectivity index (χ2v) is 10.8. The van der Waals surface area contributed by atoms with Crippen LogP contribution in [0.1, 0.15) is 36.8 Å². The average molecular weight is 553 g/mol. The molecule has 0 bridgehead atoms. The van der Waals surface area contributed by atoms with Gasteiger partial charge in [0.2, 0.25) is 16.8 Å². The summed E-state index contributed by atoms with van der Waals surface area (Å²) in [5, 5.41) is 7.30. The molecule has 1 saturated carbocycles. The fourth-order valence-electron chi connectivity index (χ4n) is 5.25. The minimum absolute atomic E-state index is 0.0667. The van der Waals surface area contributed by atoms with Crippen molar-refractivity contribution in [3.8, 4) is 5.75 Å². The molecule has 0 amide bonds. The molecule has 1 aromatic carbocycles. The molecule has 1 aliphatic carbocycles. The molecule has 1 fully saturated rings. The highest BCUT2D eigenvalue weighted by Gasteiger charge is 2.26. The Morgan fingerprint density at radius 1 is 1.16 bits per heavy atom. The molecule has 12 heteroatoms. The van der Waals surface area contributed by atoms with Gasteiger partial charge in [-0.3, -0.25) is 0 Å². The Hall–Kier alpha value is -2.18. The minimum Gasteiger partial charge on any atom is -0.495 e. The number of benzene rings is 1. The van der Waals surface area contributed by atoms with Crippen LogP contribution in [0.15, 0.2) is 18.3 Å². The highest BCUT2D eigenvalue weighted by Crippen LogP contribution is 2.36. The lowest BCUT2D eigenvalue weighted by Gasteiger charge is -2.32. The van der Waals surface area contributed by atoms with Crippen LogP contribution in [0.5, 0.6) is 5.75 Å². The number of anilines is 3. The van der Waals surface area contributed by atoms with Gasteiger partial charge in [-0.15, -0.1) is 0 Å². The molecule has 3 N–H and O–H groups in total. The van der Waals surface area contributed by atoms with Gasteiger partial charge in [-0.05, 0) is 48.8 Å². The Morgan fingerprint density at radius 2 is 1.97 bits per heavy atom. The van der Waals surface area contributed by atoms with Crippen LogP contribution < -0.4 is 20.1 Å². The number of hydrogen-bond acceptors (Lipinski definition) is 9. The quantitative estimate of drug-likeness (QED) is 0.312. The molecule has 2 aliphatic rings. The molecule has 1 aliphatic heterocycles. The second kappa shape index (κ2) is 13.6. The number of nitrogens with one attached hydrogen (secondary N) is 3. The van der Waals surface area contributed by atoms with E-state index in [1.807, 2.05) is 6.07 Å². The molecule has 0 spiro atoms. The molecule has 1 aromatic heterocycles. The Kier molecular flexibility index (Phi) is 10.2. The Balaban J connectivity index is 1.54. The van der Waals surface area contributed by atoms with E-state index in [2.05, 4.69) is 31.3 Å². The zero-order valence-corrected chi connectivity index (χ0v) is 23.1. The van der Waals surface area contributed by atoms with E-state index in [1.165, 1.54) is 11.1 Å². The zero-order valence-electron chi connectivity index (χ0n) is 21.5. The van der Waals surface area contributed by atoms with E-state index in [4.69, 9.17) is 26.1 Å². The number of methoxy groups -OCH3 is 2. The number of halogens is 1. The maximum Gasteiger partial charge on any atom is 0.229 e. The van der Waals surface area contributed by atoms with Crippen LogP contribution in [0.4, 0.5) is 17.5 Å². The fourth-order valence-corrected chi connectivity index (χ4v) is 5.78. The zero-order chi connectivity index (χ0) is 26.2. The van der Waals surface area contributed by atoms with E-state index < -0.39 is 10.9 Å². The molecule has 2 heterocycles. The van der Waals surface area contributed by atoms with Crippen LogP contribution in [0.2, 0.25) is 5.02 Å². The number of thiol groups is 1. The summed E-state index contributed by atoms with van der Waals surface area (Å²) in [5.74, 6) is 1.86. The van der Waals surface area contributed by atoms with Crippen LogP contribution in [0.3, 0.4) is 0 Å². The maximum absolute atomic E-state index is 11.1. The number of aromatic nitrogens is 2. The molecule has 2 atom stereocenters. The summed E-state index contributed by atoms with van der Waals surface area (Å²) in [6.45, 7) is 3.93. The fraction of sp³-hybridized carbons (Fsp3) is 0.600. The van der Waals surface area contributed by atoms with Gasteiger partial charge in [0.1, 0.15) is 10.8 Å². The van der Waals surface area contributed by atoms with E-state index in [-0.39, 0.29) is 12.0 Å². The Bertz CT molecular complexity index is 1130. The molecule has 204 valence electrons. The predicted molar refractivity (Wildman–Crippen MR) is 147 cm³/mol. The van der Waals surface area contributed by atoms with Crippen LogP contribution in [-0.4, -0.2) is 76.3 Å². The van der Waals surface area contributed by atoms with E-state index in [1.54, 1.807) is 20.4 Å². The summed E-state index contributed by atoms with van der Waals surface area (Å²) in [4.78, 5) is 11.6. The summed E-state index contributed by atoms with van der Waals surface area (Å²) in [6.07, 6.45) is 7.41. The highest BCUT2D eigenvalue weighted by atomic mass is 35.5. The summed E-state index contributed by atoms with van der Waals surface area (Å²) in [6, 6.07) is 4.20. The van der Waals surface area contributed by atoms with Gasteiger partial charge in [0.05, 0.1) is 25.6 Å². The van der Waals surface area contributed by atoms with Gasteiger partial charge in [0, 0.05) is 39.3 Å². The Morgan fingerprint density at radius 3 is 2.76 bits per heavy atom. The molecule has 10 nitrogen and oxygen atoms in total. The molecule has 4 rings (SSSR count). The number of hydrogen-bond donors (Lipinski definition) is 4. The summed E-state index contributed by atoms with van der Waals surface area (Å²) in [5.41, 5.74) is 3.36. The van der Waals surface area contributed by atoms with Crippen molar-refractivity contribution in [1.82, 2.24) is 19.6 Å². The molecule has 0 saturated heterocycles. The first kappa shape index (κ1) is 27.8. The van der Waals surface area contributed by atoms with Crippen molar-refractivity contribution in [2.45, 2.75) is 44.6 Å². The van der Waals surface area contributed by atoms with Crippen molar-refractivity contribution in [2.24, 2.45) is 5.92 Å². The minimum atomic E-state index is -2.62. The third kappa shape index (κ3) is 7.44. The lowest BCUT2D eigenvalue weighted by atomic mass is 9.84. The van der Waals surface area contributed by atoms with E-state index >= 15 is 0 Å². The van der Waals surface area contributed by atoms with Crippen molar-refractivity contribution in [3.63, 3.8) is 0 Å². The SMILES string of the molecule is COCCN1CCc2ccc(OC)c(Nc3ncc(Cl)c(N[C@@H]4CCCC[C@@H]4CN[SH](=O)=O)n3)c2CC1.